The Bertz CT molecular complexity index is 544. The van der Waals surface area contributed by atoms with Crippen LogP contribution < -0.4 is 0 Å². The van der Waals surface area contributed by atoms with Gasteiger partial charge in [0.1, 0.15) is 11.9 Å². The largest absolute Gasteiger partial charge is 0.467 e. The third-order valence-electron chi connectivity index (χ3n) is 3.82. The smallest absolute Gasteiger partial charge is 0.133 e. The summed E-state index contributed by atoms with van der Waals surface area (Å²) in [5, 5.41) is 20.6. The first kappa shape index (κ1) is 18.7. The molecule has 1 aromatic carbocycles. The average molecular weight is 333 g/mol. The fourth-order valence-corrected chi connectivity index (χ4v) is 2.61. The lowest BCUT2D eigenvalue weighted by atomic mass is 10.1. The van der Waals surface area contributed by atoms with Crippen LogP contribution in [-0.4, -0.2) is 47.5 Å². The van der Waals surface area contributed by atoms with E-state index in [4.69, 9.17) is 9.15 Å². The summed E-state index contributed by atoms with van der Waals surface area (Å²) in [4.78, 5) is 2.04. The van der Waals surface area contributed by atoms with Gasteiger partial charge in [-0.1, -0.05) is 30.3 Å². The molecule has 2 unspecified atom stereocenters. The molecular weight excluding hydrogens is 306 g/mol. The molecule has 0 bridgehead atoms. The van der Waals surface area contributed by atoms with E-state index in [0.29, 0.717) is 45.0 Å². The number of benzene rings is 1. The topological polar surface area (TPSA) is 66.1 Å². The van der Waals surface area contributed by atoms with Gasteiger partial charge in [-0.15, -0.1) is 0 Å². The fraction of sp³-hybridized carbons (Fsp3) is 0.474. The molecule has 2 aromatic rings. The Balaban J connectivity index is 1.95. The summed E-state index contributed by atoms with van der Waals surface area (Å²) in [6.07, 6.45) is 0.916. The third kappa shape index (κ3) is 6.45. The van der Waals surface area contributed by atoms with Gasteiger partial charge in [-0.3, -0.25) is 4.90 Å². The van der Waals surface area contributed by atoms with Crippen LogP contribution in [0.3, 0.4) is 0 Å². The highest BCUT2D eigenvalue weighted by Gasteiger charge is 2.19. The number of hydrogen-bond donors (Lipinski definition) is 2. The second-order valence-electron chi connectivity index (χ2n) is 5.85. The number of hydrogen-bond acceptors (Lipinski definition) is 5. The van der Waals surface area contributed by atoms with E-state index in [-0.39, 0.29) is 0 Å². The van der Waals surface area contributed by atoms with Gasteiger partial charge in [-0.2, -0.15) is 0 Å². The number of ether oxygens (including phenoxy) is 1. The minimum absolute atomic E-state index is 0.397. The quantitative estimate of drug-likeness (QED) is 0.619. The normalized spacial score (nSPS) is 14.0. The van der Waals surface area contributed by atoms with Crippen molar-refractivity contribution in [3.63, 3.8) is 0 Å². The summed E-state index contributed by atoms with van der Waals surface area (Å²) in [6.45, 7) is 4.65. The maximum Gasteiger partial charge on any atom is 0.133 e. The Morgan fingerprint density at radius 3 is 2.54 bits per heavy atom. The summed E-state index contributed by atoms with van der Waals surface area (Å²) < 4.78 is 10.6. The van der Waals surface area contributed by atoms with Crippen molar-refractivity contribution in [2.45, 2.75) is 32.1 Å². The number of nitrogens with zero attached hydrogens (tertiary/aromatic N) is 1. The van der Waals surface area contributed by atoms with E-state index < -0.39 is 12.2 Å². The van der Waals surface area contributed by atoms with Gasteiger partial charge >= 0.3 is 0 Å². The Morgan fingerprint density at radius 2 is 1.88 bits per heavy atom. The first-order valence-electron chi connectivity index (χ1n) is 8.42. The summed E-state index contributed by atoms with van der Waals surface area (Å²) in [7, 11) is 0. The summed E-state index contributed by atoms with van der Waals surface area (Å²) in [5.74, 6) is 0.539. The van der Waals surface area contributed by atoms with Crippen molar-refractivity contribution in [3.8, 4) is 0 Å². The zero-order valence-electron chi connectivity index (χ0n) is 14.2. The maximum atomic E-state index is 10.3. The van der Waals surface area contributed by atoms with E-state index in [1.165, 1.54) is 0 Å². The first-order valence-corrected chi connectivity index (χ1v) is 8.42. The van der Waals surface area contributed by atoms with Crippen LogP contribution in [0.15, 0.2) is 53.1 Å². The molecule has 0 saturated heterocycles. The highest BCUT2D eigenvalue weighted by atomic mass is 16.5. The zero-order valence-corrected chi connectivity index (χ0v) is 14.2. The van der Waals surface area contributed by atoms with Crippen LogP contribution in [-0.2, 0) is 11.3 Å². The van der Waals surface area contributed by atoms with Gasteiger partial charge in [0, 0.05) is 32.8 Å². The monoisotopic (exact) mass is 333 g/mol. The van der Waals surface area contributed by atoms with E-state index in [1.807, 2.05) is 42.2 Å². The predicted molar refractivity (Wildman–Crippen MR) is 92.5 cm³/mol. The molecule has 2 rings (SSSR count). The van der Waals surface area contributed by atoms with Crippen LogP contribution in [0.25, 0.3) is 0 Å². The Hall–Kier alpha value is -1.66. The SMILES string of the molecule is CCOCCC(O)CN(Cc1ccccc1)CC(O)c1ccco1. The second-order valence-corrected chi connectivity index (χ2v) is 5.85. The molecule has 0 aliphatic carbocycles. The van der Waals surface area contributed by atoms with Gasteiger partial charge in [0.2, 0.25) is 0 Å². The molecule has 24 heavy (non-hydrogen) atoms. The molecule has 0 spiro atoms. The Kier molecular flexibility index (Phi) is 7.98. The molecular formula is C19H27NO4. The third-order valence-corrected chi connectivity index (χ3v) is 3.82. The molecule has 0 aliphatic heterocycles. The van der Waals surface area contributed by atoms with Crippen molar-refractivity contribution in [2.75, 3.05) is 26.3 Å². The second kappa shape index (κ2) is 10.3. The summed E-state index contributed by atoms with van der Waals surface area (Å²) in [6, 6.07) is 13.6. The van der Waals surface area contributed by atoms with Gasteiger partial charge in [-0.05, 0) is 31.0 Å². The van der Waals surface area contributed by atoms with Crippen LogP contribution in [0.5, 0.6) is 0 Å². The van der Waals surface area contributed by atoms with Crippen molar-refractivity contribution < 1.29 is 19.4 Å². The number of furan rings is 1. The van der Waals surface area contributed by atoms with Gasteiger partial charge in [0.15, 0.2) is 0 Å². The van der Waals surface area contributed by atoms with Crippen molar-refractivity contribution in [3.05, 3.63) is 60.1 Å². The molecule has 0 saturated carbocycles. The molecule has 2 atom stereocenters. The van der Waals surface area contributed by atoms with Crippen molar-refractivity contribution in [1.29, 1.82) is 0 Å². The van der Waals surface area contributed by atoms with Crippen LogP contribution >= 0.6 is 0 Å². The Morgan fingerprint density at radius 1 is 1.08 bits per heavy atom. The molecule has 1 aromatic heterocycles. The van der Waals surface area contributed by atoms with E-state index in [1.54, 1.807) is 18.4 Å². The highest BCUT2D eigenvalue weighted by Crippen LogP contribution is 2.17. The lowest BCUT2D eigenvalue weighted by molar-refractivity contribution is 0.0374. The minimum Gasteiger partial charge on any atom is -0.467 e. The van der Waals surface area contributed by atoms with E-state index in [2.05, 4.69) is 0 Å². The Labute approximate surface area is 143 Å². The molecule has 2 N–H and O–H groups in total. The lowest BCUT2D eigenvalue weighted by Gasteiger charge is -2.27. The van der Waals surface area contributed by atoms with Gasteiger partial charge in [0.05, 0.1) is 12.4 Å². The maximum absolute atomic E-state index is 10.3. The number of aliphatic hydroxyl groups excluding tert-OH is 2. The van der Waals surface area contributed by atoms with Gasteiger partial charge < -0.3 is 19.4 Å². The molecule has 0 radical (unpaired) electrons. The van der Waals surface area contributed by atoms with Crippen LogP contribution in [0.4, 0.5) is 0 Å². The lowest BCUT2D eigenvalue weighted by Crippen LogP contribution is -2.35. The predicted octanol–water partition coefficient (Wildman–Crippen LogP) is 2.60. The van der Waals surface area contributed by atoms with Gasteiger partial charge in [-0.25, -0.2) is 0 Å². The van der Waals surface area contributed by atoms with Gasteiger partial charge in [0.25, 0.3) is 0 Å². The minimum atomic E-state index is -0.720. The van der Waals surface area contributed by atoms with E-state index >= 15 is 0 Å². The van der Waals surface area contributed by atoms with E-state index in [9.17, 15) is 10.2 Å². The summed E-state index contributed by atoms with van der Waals surface area (Å²) in [5.41, 5.74) is 1.14. The standard InChI is InChI=1S/C19H27NO4/c1-2-23-12-10-17(21)14-20(13-16-7-4-3-5-8-16)15-18(22)19-9-6-11-24-19/h3-9,11,17-18,21-22H,2,10,12-15H2,1H3. The fourth-order valence-electron chi connectivity index (χ4n) is 2.61. The first-order chi connectivity index (χ1) is 11.7. The zero-order chi connectivity index (χ0) is 17.2. The number of rotatable bonds is 11. The molecule has 0 amide bonds. The van der Waals surface area contributed by atoms with E-state index in [0.717, 1.165) is 5.56 Å². The molecule has 5 nitrogen and oxygen atoms in total. The molecule has 0 aliphatic rings. The highest BCUT2D eigenvalue weighted by molar-refractivity contribution is 5.14. The molecule has 1 heterocycles. The van der Waals surface area contributed by atoms with Crippen LogP contribution in [0.2, 0.25) is 0 Å². The van der Waals surface area contributed by atoms with Crippen molar-refractivity contribution in [2.24, 2.45) is 0 Å². The molecule has 5 heteroatoms. The van der Waals surface area contributed by atoms with Crippen LogP contribution in [0, 0.1) is 0 Å². The van der Waals surface area contributed by atoms with Crippen molar-refractivity contribution >= 4 is 0 Å². The summed E-state index contributed by atoms with van der Waals surface area (Å²) >= 11 is 0. The molecule has 0 fully saturated rings. The molecule has 132 valence electrons. The van der Waals surface area contributed by atoms with Crippen LogP contribution in [0.1, 0.15) is 30.8 Å². The van der Waals surface area contributed by atoms with Crippen molar-refractivity contribution in [1.82, 2.24) is 4.90 Å². The average Bonchev–Trinajstić information content (AvgIpc) is 3.10. The number of aliphatic hydroxyl groups is 2.